The van der Waals surface area contributed by atoms with E-state index in [1.54, 1.807) is 0 Å². The molecule has 0 unspecified atom stereocenters. The van der Waals surface area contributed by atoms with Crippen molar-refractivity contribution < 1.29 is 8.83 Å². The Bertz CT molecular complexity index is 2180. The molecule has 2 aromatic heterocycles. The predicted molar refractivity (Wildman–Crippen MR) is 191 cm³/mol. The molecule has 2 N–H and O–H groups in total. The van der Waals surface area contributed by atoms with E-state index < -0.39 is 0 Å². The van der Waals surface area contributed by atoms with Gasteiger partial charge in [0.1, 0.15) is 11.2 Å². The fraction of sp³-hybridized carbons (Fsp3) is 0.143. The summed E-state index contributed by atoms with van der Waals surface area (Å²) >= 11 is 0. The van der Waals surface area contributed by atoms with Crippen LogP contribution in [0.4, 0.5) is 22.7 Å². The van der Waals surface area contributed by atoms with E-state index >= 15 is 0 Å². The molecule has 1 aliphatic rings. The summed E-state index contributed by atoms with van der Waals surface area (Å²) in [5, 5.41) is 11.8. The van der Waals surface area contributed by atoms with Crippen LogP contribution in [0.25, 0.3) is 43.9 Å². The molecule has 0 bridgehead atoms. The molecule has 1 aliphatic carbocycles. The third-order valence-corrected chi connectivity index (χ3v) is 9.95. The van der Waals surface area contributed by atoms with E-state index in [1.165, 1.54) is 30.4 Å². The van der Waals surface area contributed by atoms with Crippen LogP contribution in [0, 0.1) is 0 Å². The van der Waals surface area contributed by atoms with Crippen LogP contribution in [0.3, 0.4) is 0 Å². The van der Waals surface area contributed by atoms with Crippen LogP contribution in [0.1, 0.15) is 43.2 Å². The number of para-hydroxylation sites is 4. The molecule has 2 heterocycles. The molecule has 9 rings (SSSR count). The number of hydrogen-bond acceptors (Lipinski definition) is 4. The zero-order valence-electron chi connectivity index (χ0n) is 25.6. The lowest BCUT2D eigenvalue weighted by Gasteiger charge is -2.39. The third kappa shape index (κ3) is 4.44. The normalized spacial score (nSPS) is 14.7. The topological polar surface area (TPSA) is 50.3 Å². The fourth-order valence-corrected chi connectivity index (χ4v) is 7.65. The number of furan rings is 2. The Labute approximate surface area is 267 Å². The van der Waals surface area contributed by atoms with Gasteiger partial charge in [-0.2, -0.15) is 0 Å². The van der Waals surface area contributed by atoms with Gasteiger partial charge in [-0.25, -0.2) is 0 Å². The lowest BCUT2D eigenvalue weighted by molar-refractivity contribution is 0.346. The average Bonchev–Trinajstić information content (AvgIpc) is 3.69. The van der Waals surface area contributed by atoms with Crippen molar-refractivity contribution in [3.63, 3.8) is 0 Å². The second-order valence-corrected chi connectivity index (χ2v) is 12.6. The molecular formula is C42H34N2O2. The number of benzene rings is 6. The largest absolute Gasteiger partial charge is 0.454 e. The van der Waals surface area contributed by atoms with Gasteiger partial charge in [-0.3, -0.25) is 0 Å². The van der Waals surface area contributed by atoms with Gasteiger partial charge in [0.25, 0.3) is 0 Å². The van der Waals surface area contributed by atoms with Gasteiger partial charge in [0, 0.05) is 38.3 Å². The van der Waals surface area contributed by atoms with Gasteiger partial charge in [-0.05, 0) is 72.5 Å². The summed E-state index contributed by atoms with van der Waals surface area (Å²) < 4.78 is 12.5. The van der Waals surface area contributed by atoms with Gasteiger partial charge in [-0.15, -0.1) is 0 Å². The Balaban J connectivity index is 1.00. The monoisotopic (exact) mass is 598 g/mol. The highest BCUT2D eigenvalue weighted by Crippen LogP contribution is 2.46. The van der Waals surface area contributed by atoms with E-state index in [9.17, 15) is 0 Å². The van der Waals surface area contributed by atoms with Gasteiger partial charge >= 0.3 is 0 Å². The summed E-state index contributed by atoms with van der Waals surface area (Å²) in [5.74, 6) is 0. The van der Waals surface area contributed by atoms with Crippen LogP contribution in [0.15, 0.2) is 142 Å². The second-order valence-electron chi connectivity index (χ2n) is 12.6. The van der Waals surface area contributed by atoms with Crippen LogP contribution in [0.2, 0.25) is 0 Å². The molecule has 1 fully saturated rings. The van der Waals surface area contributed by atoms with Crippen molar-refractivity contribution in [2.75, 3.05) is 10.6 Å². The molecule has 6 aromatic carbocycles. The molecule has 0 atom stereocenters. The second kappa shape index (κ2) is 10.8. The minimum atomic E-state index is 0.00675. The number of anilines is 4. The molecule has 0 amide bonds. The van der Waals surface area contributed by atoms with Gasteiger partial charge in [0.15, 0.2) is 11.2 Å². The Morgan fingerprint density at radius 3 is 1.33 bits per heavy atom. The number of fused-ring (bicyclic) bond motifs is 6. The zero-order chi connectivity index (χ0) is 30.5. The van der Waals surface area contributed by atoms with Crippen molar-refractivity contribution in [3.8, 4) is 0 Å². The molecule has 4 heteroatoms. The quantitative estimate of drug-likeness (QED) is 0.200. The summed E-state index contributed by atoms with van der Waals surface area (Å²) in [5.41, 5.74) is 10.5. The average molecular weight is 599 g/mol. The maximum absolute atomic E-state index is 6.26. The SMILES string of the molecule is c1ccc2c(c1)oc1c(Nc3ccc(C4(c5ccc(Nc6cccc7c6oc6ccccc67)cc5)CCCCC4)cc3)cccc12. The summed E-state index contributed by atoms with van der Waals surface area (Å²) in [6.45, 7) is 0. The first-order valence-corrected chi connectivity index (χ1v) is 16.3. The zero-order valence-corrected chi connectivity index (χ0v) is 25.6. The summed E-state index contributed by atoms with van der Waals surface area (Å²) in [7, 11) is 0. The summed E-state index contributed by atoms with van der Waals surface area (Å²) in [4.78, 5) is 0. The first-order valence-electron chi connectivity index (χ1n) is 16.3. The minimum Gasteiger partial charge on any atom is -0.454 e. The first-order chi connectivity index (χ1) is 22.7. The Hall–Kier alpha value is -5.48. The van der Waals surface area contributed by atoms with Crippen molar-refractivity contribution in [3.05, 3.63) is 145 Å². The Morgan fingerprint density at radius 2 is 0.848 bits per heavy atom. The van der Waals surface area contributed by atoms with Crippen molar-refractivity contribution in [1.82, 2.24) is 0 Å². The standard InChI is InChI=1S/C42H34N2O2/c1-6-26-42(27-7-1,28-18-22-30(23-19-28)43-36-14-8-12-34-32-10-2-4-16-38(32)45-40(34)36)29-20-24-31(25-21-29)44-37-15-9-13-35-33-11-3-5-17-39(33)46-41(35)37/h2-5,8-25,43-44H,1,6-7,26-27H2. The minimum absolute atomic E-state index is 0.00675. The van der Waals surface area contributed by atoms with E-state index in [2.05, 4.69) is 120 Å². The van der Waals surface area contributed by atoms with Crippen molar-refractivity contribution in [2.45, 2.75) is 37.5 Å². The molecule has 46 heavy (non-hydrogen) atoms. The van der Waals surface area contributed by atoms with E-state index in [-0.39, 0.29) is 5.41 Å². The summed E-state index contributed by atoms with van der Waals surface area (Å²) in [6, 6.07) is 47.2. The highest BCUT2D eigenvalue weighted by molar-refractivity contribution is 6.10. The maximum Gasteiger partial charge on any atom is 0.158 e. The molecule has 0 aliphatic heterocycles. The number of nitrogens with one attached hydrogen (secondary N) is 2. The van der Waals surface area contributed by atoms with E-state index in [0.29, 0.717) is 0 Å². The molecule has 8 aromatic rings. The molecular weight excluding hydrogens is 564 g/mol. The highest BCUT2D eigenvalue weighted by Gasteiger charge is 2.35. The van der Waals surface area contributed by atoms with Gasteiger partial charge in [-0.1, -0.05) is 104 Å². The first kappa shape index (κ1) is 26.9. The van der Waals surface area contributed by atoms with Crippen LogP contribution in [0.5, 0.6) is 0 Å². The molecule has 4 nitrogen and oxygen atoms in total. The predicted octanol–water partition coefficient (Wildman–Crippen LogP) is 12.2. The van der Waals surface area contributed by atoms with E-state index in [1.807, 2.05) is 24.3 Å². The van der Waals surface area contributed by atoms with Gasteiger partial charge < -0.3 is 19.5 Å². The molecule has 0 spiro atoms. The van der Waals surface area contributed by atoms with Gasteiger partial charge in [0.2, 0.25) is 0 Å². The smallest absolute Gasteiger partial charge is 0.158 e. The molecule has 1 saturated carbocycles. The van der Waals surface area contributed by atoms with E-state index in [0.717, 1.165) is 79.5 Å². The van der Waals surface area contributed by atoms with Gasteiger partial charge in [0.05, 0.1) is 11.4 Å². The van der Waals surface area contributed by atoms with Crippen molar-refractivity contribution in [2.24, 2.45) is 0 Å². The van der Waals surface area contributed by atoms with Crippen molar-refractivity contribution >= 4 is 66.6 Å². The molecule has 0 saturated heterocycles. The van der Waals surface area contributed by atoms with Crippen LogP contribution in [-0.2, 0) is 5.41 Å². The molecule has 0 radical (unpaired) electrons. The maximum atomic E-state index is 6.26. The van der Waals surface area contributed by atoms with Crippen LogP contribution in [-0.4, -0.2) is 0 Å². The third-order valence-electron chi connectivity index (χ3n) is 9.95. The number of rotatable bonds is 6. The van der Waals surface area contributed by atoms with Crippen molar-refractivity contribution in [1.29, 1.82) is 0 Å². The van der Waals surface area contributed by atoms with Crippen LogP contribution >= 0.6 is 0 Å². The summed E-state index contributed by atoms with van der Waals surface area (Å²) in [6.07, 6.45) is 6.08. The lowest BCUT2D eigenvalue weighted by atomic mass is 9.65. The van der Waals surface area contributed by atoms with E-state index in [4.69, 9.17) is 8.83 Å². The Kier molecular flexibility index (Phi) is 6.34. The fourth-order valence-electron chi connectivity index (χ4n) is 7.65. The van der Waals surface area contributed by atoms with Crippen LogP contribution < -0.4 is 10.6 Å². The number of hydrogen-bond donors (Lipinski definition) is 2. The molecule has 224 valence electrons. The Morgan fingerprint density at radius 1 is 0.413 bits per heavy atom. The lowest BCUT2D eigenvalue weighted by Crippen LogP contribution is -2.30. The highest BCUT2D eigenvalue weighted by atomic mass is 16.3.